The second-order valence-electron chi connectivity index (χ2n) is 5.91. The Balaban J connectivity index is 1.89. The van der Waals surface area contributed by atoms with Gasteiger partial charge in [0.2, 0.25) is 0 Å². The predicted molar refractivity (Wildman–Crippen MR) is 81.5 cm³/mol. The molecule has 1 aliphatic carbocycles. The number of hydrogen-bond acceptors (Lipinski definition) is 3. The highest BCUT2D eigenvalue weighted by atomic mass is 16.4. The molecule has 1 aliphatic rings. The number of carbonyl (C=O) groups is 1. The quantitative estimate of drug-likeness (QED) is 0.926. The molecule has 0 amide bonds. The number of carboxylic acids is 1. The number of fused-ring (bicyclic) bond motifs is 1. The highest BCUT2D eigenvalue weighted by Crippen LogP contribution is 2.29. The van der Waals surface area contributed by atoms with Crippen LogP contribution in [0, 0.1) is 0 Å². The molecule has 21 heavy (non-hydrogen) atoms. The molecule has 3 rings (SSSR count). The Morgan fingerprint density at radius 3 is 2.71 bits per heavy atom. The summed E-state index contributed by atoms with van der Waals surface area (Å²) >= 11 is 0. The monoisotopic (exact) mass is 287 g/mol. The Kier molecular flexibility index (Phi) is 3.97. The van der Waals surface area contributed by atoms with E-state index in [1.807, 2.05) is 24.3 Å². The molecule has 1 aromatic carbocycles. The van der Waals surface area contributed by atoms with Crippen LogP contribution in [-0.4, -0.2) is 29.1 Å². The summed E-state index contributed by atoms with van der Waals surface area (Å²) in [5.74, 6) is -0.344. The smallest absolute Gasteiger partial charge is 0.339 e. The molecule has 4 nitrogen and oxygen atoms in total. The van der Waals surface area contributed by atoms with Crippen LogP contribution in [0.4, 0.5) is 0 Å². The maximum Gasteiger partial charge on any atom is 0.339 e. The van der Waals surface area contributed by atoms with E-state index in [0.29, 0.717) is 34.9 Å². The summed E-state index contributed by atoms with van der Waals surface area (Å²) in [6.07, 6.45) is 6.23. The maximum absolute atomic E-state index is 11.6. The fourth-order valence-corrected chi connectivity index (χ4v) is 3.32. The lowest BCUT2D eigenvalue weighted by Gasteiger charge is -2.30. The third-order valence-corrected chi connectivity index (χ3v) is 4.47. The molecule has 1 aromatic heterocycles. The topological polar surface area (TPSA) is 53.7 Å². The zero-order valence-corrected chi connectivity index (χ0v) is 12.3. The average Bonchev–Trinajstić information content (AvgIpc) is 2.86. The van der Waals surface area contributed by atoms with E-state index in [4.69, 9.17) is 4.42 Å². The summed E-state index contributed by atoms with van der Waals surface area (Å²) in [6.45, 7) is 0.557. The van der Waals surface area contributed by atoms with Crippen molar-refractivity contribution in [1.29, 1.82) is 0 Å². The van der Waals surface area contributed by atoms with Crippen molar-refractivity contribution in [2.75, 3.05) is 7.05 Å². The van der Waals surface area contributed by atoms with Crippen LogP contribution in [0.25, 0.3) is 11.0 Å². The third kappa shape index (κ3) is 2.81. The Hall–Kier alpha value is -1.81. The summed E-state index contributed by atoms with van der Waals surface area (Å²) in [6, 6.07) is 7.89. The lowest BCUT2D eigenvalue weighted by Crippen LogP contribution is -2.33. The number of furan rings is 1. The van der Waals surface area contributed by atoms with Gasteiger partial charge in [-0.2, -0.15) is 0 Å². The summed E-state index contributed by atoms with van der Waals surface area (Å²) in [5.41, 5.74) is 0.968. The van der Waals surface area contributed by atoms with E-state index < -0.39 is 5.97 Å². The van der Waals surface area contributed by atoms with Gasteiger partial charge in [0, 0.05) is 11.4 Å². The Morgan fingerprint density at radius 2 is 2.00 bits per heavy atom. The standard InChI is InChI=1S/C17H21NO3/c1-18(12-7-3-2-4-8-12)11-15-16(17(19)20)13-9-5-6-10-14(13)21-15/h5-6,9-10,12H,2-4,7-8,11H2,1H3,(H,19,20). The molecule has 1 heterocycles. The van der Waals surface area contributed by atoms with E-state index >= 15 is 0 Å². The maximum atomic E-state index is 11.6. The van der Waals surface area contributed by atoms with Crippen LogP contribution < -0.4 is 0 Å². The summed E-state index contributed by atoms with van der Waals surface area (Å²) in [4.78, 5) is 13.8. The van der Waals surface area contributed by atoms with E-state index in [2.05, 4.69) is 11.9 Å². The Labute approximate surface area is 124 Å². The van der Waals surface area contributed by atoms with Crippen molar-refractivity contribution < 1.29 is 14.3 Å². The third-order valence-electron chi connectivity index (χ3n) is 4.47. The molecule has 112 valence electrons. The van der Waals surface area contributed by atoms with Crippen LogP contribution in [0.15, 0.2) is 28.7 Å². The Morgan fingerprint density at radius 1 is 1.29 bits per heavy atom. The first-order valence-corrected chi connectivity index (χ1v) is 7.61. The lowest BCUT2D eigenvalue weighted by molar-refractivity contribution is 0.0693. The Bertz CT molecular complexity index is 641. The molecule has 0 atom stereocenters. The first-order chi connectivity index (χ1) is 10.2. The van der Waals surface area contributed by atoms with Gasteiger partial charge in [0.25, 0.3) is 0 Å². The fraction of sp³-hybridized carbons (Fsp3) is 0.471. The van der Waals surface area contributed by atoms with E-state index in [1.54, 1.807) is 0 Å². The molecule has 0 saturated heterocycles. The van der Waals surface area contributed by atoms with Gasteiger partial charge in [-0.3, -0.25) is 4.90 Å². The van der Waals surface area contributed by atoms with Gasteiger partial charge in [-0.15, -0.1) is 0 Å². The SMILES string of the molecule is CN(Cc1oc2ccccc2c1C(=O)O)C1CCCCC1. The van der Waals surface area contributed by atoms with Gasteiger partial charge < -0.3 is 9.52 Å². The van der Waals surface area contributed by atoms with Crippen LogP contribution in [0.5, 0.6) is 0 Å². The molecule has 1 fully saturated rings. The van der Waals surface area contributed by atoms with Crippen molar-refractivity contribution >= 4 is 16.9 Å². The summed E-state index contributed by atoms with van der Waals surface area (Å²) in [7, 11) is 2.06. The fourth-order valence-electron chi connectivity index (χ4n) is 3.32. The van der Waals surface area contributed by atoms with Crippen molar-refractivity contribution in [1.82, 2.24) is 4.90 Å². The molecule has 1 saturated carbocycles. The van der Waals surface area contributed by atoms with Gasteiger partial charge in [-0.25, -0.2) is 4.79 Å². The van der Waals surface area contributed by atoms with Crippen LogP contribution in [0.1, 0.15) is 48.2 Å². The first kappa shape index (κ1) is 14.1. The minimum Gasteiger partial charge on any atom is -0.478 e. The van der Waals surface area contributed by atoms with Crippen molar-refractivity contribution in [3.63, 3.8) is 0 Å². The normalized spacial score (nSPS) is 16.7. The molecular formula is C17H21NO3. The largest absolute Gasteiger partial charge is 0.478 e. The average molecular weight is 287 g/mol. The minimum absolute atomic E-state index is 0.313. The highest BCUT2D eigenvalue weighted by Gasteiger charge is 2.24. The van der Waals surface area contributed by atoms with Gasteiger partial charge in [0.1, 0.15) is 16.9 Å². The minimum atomic E-state index is -0.910. The van der Waals surface area contributed by atoms with Crippen molar-refractivity contribution in [2.45, 2.75) is 44.7 Å². The summed E-state index contributed by atoms with van der Waals surface area (Å²) in [5, 5.41) is 10.2. The van der Waals surface area contributed by atoms with Crippen LogP contribution in [0.2, 0.25) is 0 Å². The number of hydrogen-bond donors (Lipinski definition) is 1. The van der Waals surface area contributed by atoms with E-state index in [9.17, 15) is 9.90 Å². The number of benzene rings is 1. The highest BCUT2D eigenvalue weighted by molar-refractivity contribution is 6.03. The molecule has 0 spiro atoms. The zero-order chi connectivity index (χ0) is 14.8. The number of nitrogens with zero attached hydrogens (tertiary/aromatic N) is 1. The lowest BCUT2D eigenvalue weighted by atomic mass is 9.94. The van der Waals surface area contributed by atoms with Gasteiger partial charge in [0.15, 0.2) is 0 Å². The van der Waals surface area contributed by atoms with Crippen molar-refractivity contribution in [2.24, 2.45) is 0 Å². The molecule has 2 aromatic rings. The molecule has 1 N–H and O–H groups in total. The molecule has 4 heteroatoms. The second-order valence-corrected chi connectivity index (χ2v) is 5.91. The van der Waals surface area contributed by atoms with Crippen molar-refractivity contribution in [3.8, 4) is 0 Å². The first-order valence-electron chi connectivity index (χ1n) is 7.61. The summed E-state index contributed by atoms with van der Waals surface area (Å²) < 4.78 is 5.80. The van der Waals surface area contributed by atoms with Gasteiger partial charge >= 0.3 is 5.97 Å². The number of rotatable bonds is 4. The van der Waals surface area contributed by atoms with Gasteiger partial charge in [0.05, 0.1) is 6.54 Å². The van der Waals surface area contributed by atoms with E-state index in [1.165, 1.54) is 32.1 Å². The zero-order valence-electron chi connectivity index (χ0n) is 12.3. The van der Waals surface area contributed by atoms with Gasteiger partial charge in [-0.1, -0.05) is 37.5 Å². The second kappa shape index (κ2) is 5.90. The number of para-hydroxylation sites is 1. The van der Waals surface area contributed by atoms with E-state index in [0.717, 1.165) is 0 Å². The molecule has 0 bridgehead atoms. The van der Waals surface area contributed by atoms with Crippen LogP contribution >= 0.6 is 0 Å². The molecular weight excluding hydrogens is 266 g/mol. The van der Waals surface area contributed by atoms with Crippen LogP contribution in [0.3, 0.4) is 0 Å². The van der Waals surface area contributed by atoms with Crippen LogP contribution in [-0.2, 0) is 6.54 Å². The molecule has 0 unspecified atom stereocenters. The molecule has 0 radical (unpaired) electrons. The number of carboxylic acid groups (broad SMARTS) is 1. The van der Waals surface area contributed by atoms with E-state index in [-0.39, 0.29) is 0 Å². The molecule has 0 aliphatic heterocycles. The predicted octanol–water partition coefficient (Wildman–Crippen LogP) is 3.90. The van der Waals surface area contributed by atoms with Gasteiger partial charge in [-0.05, 0) is 26.0 Å². The van der Waals surface area contributed by atoms with Crippen molar-refractivity contribution in [3.05, 3.63) is 35.6 Å². The number of aromatic carboxylic acids is 1.